The molecule has 0 spiro atoms. The molecule has 1 fully saturated rings. The van der Waals surface area contributed by atoms with E-state index in [1.54, 1.807) is 7.11 Å². The molecule has 2 heterocycles. The molecular formula is C18H25N3O2. The molecular weight excluding hydrogens is 290 g/mol. The Morgan fingerprint density at radius 3 is 2.70 bits per heavy atom. The molecule has 1 aromatic carbocycles. The van der Waals surface area contributed by atoms with E-state index in [4.69, 9.17) is 4.74 Å². The van der Waals surface area contributed by atoms with Crippen LogP contribution in [0.2, 0.25) is 0 Å². The number of rotatable bonds is 5. The number of imidazole rings is 1. The summed E-state index contributed by atoms with van der Waals surface area (Å²) >= 11 is 0. The van der Waals surface area contributed by atoms with Gasteiger partial charge in [0.1, 0.15) is 17.2 Å². The van der Waals surface area contributed by atoms with Crippen molar-refractivity contribution in [3.63, 3.8) is 0 Å². The van der Waals surface area contributed by atoms with Crippen LogP contribution in [0.1, 0.15) is 31.2 Å². The van der Waals surface area contributed by atoms with Crippen molar-refractivity contribution in [3.8, 4) is 5.75 Å². The Bertz CT molecular complexity index is 649. The molecule has 0 amide bonds. The molecule has 124 valence electrons. The maximum atomic E-state index is 11.2. The lowest BCUT2D eigenvalue weighted by atomic mass is 9.86. The molecule has 0 radical (unpaired) electrons. The molecule has 23 heavy (non-hydrogen) atoms. The van der Waals surface area contributed by atoms with E-state index in [-0.39, 0.29) is 6.04 Å². The highest BCUT2D eigenvalue weighted by Gasteiger charge is 2.40. The lowest BCUT2D eigenvalue weighted by molar-refractivity contribution is -0.0263. The number of aryl methyl sites for hydroxylation is 1. The molecule has 1 aliphatic heterocycles. The summed E-state index contributed by atoms with van der Waals surface area (Å²) in [6.45, 7) is 3.67. The van der Waals surface area contributed by atoms with Crippen LogP contribution in [-0.2, 0) is 19.2 Å². The fraction of sp³-hybridized carbons (Fsp3) is 0.500. The zero-order chi connectivity index (χ0) is 16.4. The van der Waals surface area contributed by atoms with E-state index in [1.165, 1.54) is 0 Å². The molecule has 5 heteroatoms. The zero-order valence-electron chi connectivity index (χ0n) is 14.1. The lowest BCUT2D eigenvalue weighted by Crippen LogP contribution is -2.45. The summed E-state index contributed by atoms with van der Waals surface area (Å²) in [5, 5.41) is 11.2. The third kappa shape index (κ3) is 3.12. The first kappa shape index (κ1) is 16.0. The van der Waals surface area contributed by atoms with Gasteiger partial charge in [-0.05, 0) is 44.0 Å². The van der Waals surface area contributed by atoms with Crippen LogP contribution in [0.15, 0.2) is 36.7 Å². The predicted molar refractivity (Wildman–Crippen MR) is 89.2 cm³/mol. The van der Waals surface area contributed by atoms with E-state index in [2.05, 4.69) is 9.88 Å². The van der Waals surface area contributed by atoms with Crippen molar-refractivity contribution in [1.82, 2.24) is 14.5 Å². The Hall–Kier alpha value is -1.85. The van der Waals surface area contributed by atoms with Crippen LogP contribution in [-0.4, -0.2) is 39.3 Å². The topological polar surface area (TPSA) is 50.5 Å². The molecule has 1 aliphatic rings. The van der Waals surface area contributed by atoms with Gasteiger partial charge in [-0.1, -0.05) is 12.1 Å². The van der Waals surface area contributed by atoms with Gasteiger partial charge in [0.05, 0.1) is 13.7 Å². The first-order valence-electron chi connectivity index (χ1n) is 8.09. The van der Waals surface area contributed by atoms with Crippen LogP contribution in [0.25, 0.3) is 0 Å². The second kappa shape index (κ2) is 6.34. The number of aliphatic hydroxyl groups is 1. The number of nitrogens with zero attached hydrogens (tertiary/aromatic N) is 3. The van der Waals surface area contributed by atoms with Gasteiger partial charge in [-0.25, -0.2) is 4.98 Å². The molecule has 1 saturated heterocycles. The minimum absolute atomic E-state index is 0.0904. The van der Waals surface area contributed by atoms with Gasteiger partial charge in [0.2, 0.25) is 0 Å². The van der Waals surface area contributed by atoms with Crippen molar-refractivity contribution >= 4 is 0 Å². The summed E-state index contributed by atoms with van der Waals surface area (Å²) in [5.41, 5.74) is 0.0311. The monoisotopic (exact) mass is 315 g/mol. The molecule has 0 bridgehead atoms. The highest BCUT2D eigenvalue weighted by atomic mass is 16.5. The van der Waals surface area contributed by atoms with Gasteiger partial charge in [0.15, 0.2) is 0 Å². The number of benzene rings is 1. The minimum atomic E-state index is -0.895. The van der Waals surface area contributed by atoms with E-state index < -0.39 is 5.60 Å². The number of ether oxygens (including phenoxy) is 1. The highest BCUT2D eigenvalue weighted by molar-refractivity contribution is 5.31. The van der Waals surface area contributed by atoms with Crippen molar-refractivity contribution in [3.05, 3.63) is 48.0 Å². The standard InChI is InChI=1S/C18H25N3O2/c1-18(22,14-6-8-15(23-3)9-7-14)16-5-4-11-21(16)13-17-19-10-12-20(17)2/h6-10,12,16,22H,4-5,11,13H2,1-3H3/t16-,18-/m1/s1. The third-order valence-corrected chi connectivity index (χ3v) is 4.95. The summed E-state index contributed by atoms with van der Waals surface area (Å²) in [6.07, 6.45) is 5.87. The van der Waals surface area contributed by atoms with E-state index in [0.29, 0.717) is 0 Å². The summed E-state index contributed by atoms with van der Waals surface area (Å²) in [4.78, 5) is 6.75. The van der Waals surface area contributed by atoms with Crippen LogP contribution >= 0.6 is 0 Å². The molecule has 2 aromatic rings. The third-order valence-electron chi connectivity index (χ3n) is 4.95. The second-order valence-electron chi connectivity index (χ2n) is 6.46. The Morgan fingerprint density at radius 1 is 1.35 bits per heavy atom. The SMILES string of the molecule is COc1ccc([C@@](C)(O)[C@H]2CCCN2Cc2nccn2C)cc1. The Balaban J connectivity index is 1.80. The second-order valence-corrected chi connectivity index (χ2v) is 6.46. The molecule has 5 nitrogen and oxygen atoms in total. The van der Waals surface area contributed by atoms with E-state index in [9.17, 15) is 5.11 Å². The van der Waals surface area contributed by atoms with Gasteiger partial charge in [0, 0.05) is 25.5 Å². The van der Waals surface area contributed by atoms with Gasteiger partial charge >= 0.3 is 0 Å². The van der Waals surface area contributed by atoms with Gasteiger partial charge in [-0.3, -0.25) is 4.90 Å². The average molecular weight is 315 g/mol. The van der Waals surface area contributed by atoms with Crippen molar-refractivity contribution in [2.24, 2.45) is 7.05 Å². The first-order chi connectivity index (χ1) is 11.0. The first-order valence-corrected chi connectivity index (χ1v) is 8.09. The molecule has 0 aliphatic carbocycles. The number of hydrogen-bond acceptors (Lipinski definition) is 4. The molecule has 0 saturated carbocycles. The highest BCUT2D eigenvalue weighted by Crippen LogP contribution is 2.35. The number of methoxy groups -OCH3 is 1. The van der Waals surface area contributed by atoms with E-state index in [0.717, 1.165) is 43.1 Å². The number of aromatic nitrogens is 2. The lowest BCUT2D eigenvalue weighted by Gasteiger charge is -2.37. The molecule has 1 aromatic heterocycles. The molecule has 3 rings (SSSR count). The molecule has 1 N–H and O–H groups in total. The zero-order valence-corrected chi connectivity index (χ0v) is 14.1. The van der Waals surface area contributed by atoms with Crippen LogP contribution in [0.5, 0.6) is 5.75 Å². The quantitative estimate of drug-likeness (QED) is 0.920. The minimum Gasteiger partial charge on any atom is -0.497 e. The summed E-state index contributed by atoms with van der Waals surface area (Å²) < 4.78 is 7.25. The van der Waals surface area contributed by atoms with Gasteiger partial charge in [-0.2, -0.15) is 0 Å². The van der Waals surface area contributed by atoms with Crippen LogP contribution in [0.4, 0.5) is 0 Å². The molecule has 0 unspecified atom stereocenters. The Morgan fingerprint density at radius 2 is 2.09 bits per heavy atom. The van der Waals surface area contributed by atoms with Crippen LogP contribution in [0.3, 0.4) is 0 Å². The van der Waals surface area contributed by atoms with Gasteiger partial charge in [-0.15, -0.1) is 0 Å². The fourth-order valence-electron chi connectivity index (χ4n) is 3.50. The fourth-order valence-corrected chi connectivity index (χ4v) is 3.50. The maximum Gasteiger partial charge on any atom is 0.122 e. The van der Waals surface area contributed by atoms with E-state index >= 15 is 0 Å². The van der Waals surface area contributed by atoms with Crippen molar-refractivity contribution < 1.29 is 9.84 Å². The predicted octanol–water partition coefficient (Wildman–Crippen LogP) is 2.30. The van der Waals surface area contributed by atoms with Crippen LogP contribution < -0.4 is 4.74 Å². The summed E-state index contributed by atoms with van der Waals surface area (Å²) in [7, 11) is 3.66. The van der Waals surface area contributed by atoms with Crippen molar-refractivity contribution in [2.75, 3.05) is 13.7 Å². The Kier molecular flexibility index (Phi) is 4.41. The summed E-state index contributed by atoms with van der Waals surface area (Å²) in [6, 6.07) is 7.81. The largest absolute Gasteiger partial charge is 0.497 e. The van der Waals surface area contributed by atoms with Gasteiger partial charge in [0.25, 0.3) is 0 Å². The summed E-state index contributed by atoms with van der Waals surface area (Å²) in [5.74, 6) is 1.84. The normalized spacial score (nSPS) is 21.3. The number of hydrogen-bond donors (Lipinski definition) is 1. The maximum absolute atomic E-state index is 11.2. The van der Waals surface area contributed by atoms with Gasteiger partial charge < -0.3 is 14.4 Å². The Labute approximate surface area is 137 Å². The van der Waals surface area contributed by atoms with E-state index in [1.807, 2.05) is 55.2 Å². The van der Waals surface area contributed by atoms with Crippen molar-refractivity contribution in [2.45, 2.75) is 38.0 Å². The number of likely N-dealkylation sites (tertiary alicyclic amines) is 1. The smallest absolute Gasteiger partial charge is 0.122 e. The van der Waals surface area contributed by atoms with Crippen molar-refractivity contribution in [1.29, 1.82) is 0 Å². The average Bonchev–Trinajstić information content (AvgIpc) is 3.18. The molecule has 2 atom stereocenters. The van der Waals surface area contributed by atoms with Crippen LogP contribution in [0, 0.1) is 0 Å².